The quantitative estimate of drug-likeness (QED) is 0.716. The van der Waals surface area contributed by atoms with Crippen LogP contribution in [0.1, 0.15) is 48.3 Å². The molecule has 1 amide bonds. The first-order chi connectivity index (χ1) is 13.6. The van der Waals surface area contributed by atoms with Crippen molar-refractivity contribution >= 4 is 29.4 Å². The summed E-state index contributed by atoms with van der Waals surface area (Å²) in [5.41, 5.74) is 0.900. The van der Waals surface area contributed by atoms with Gasteiger partial charge in [0.15, 0.2) is 5.69 Å². The molecule has 1 fully saturated rings. The first-order valence-corrected chi connectivity index (χ1v) is 9.75. The number of carbonyl (C=O) groups is 2. The zero-order valence-electron chi connectivity index (χ0n) is 15.7. The molecule has 2 heterocycles. The van der Waals surface area contributed by atoms with Gasteiger partial charge >= 0.3 is 5.97 Å². The highest BCUT2D eigenvalue weighted by Gasteiger charge is 2.24. The van der Waals surface area contributed by atoms with Crippen LogP contribution in [-0.2, 0) is 9.53 Å². The van der Waals surface area contributed by atoms with E-state index in [0.29, 0.717) is 5.95 Å². The summed E-state index contributed by atoms with van der Waals surface area (Å²) in [5, 5.41) is 3.03. The summed E-state index contributed by atoms with van der Waals surface area (Å²) in [6.45, 7) is 3.75. The van der Waals surface area contributed by atoms with Crippen LogP contribution in [0.25, 0.3) is 0 Å². The van der Waals surface area contributed by atoms with E-state index in [2.05, 4.69) is 15.3 Å². The summed E-state index contributed by atoms with van der Waals surface area (Å²) in [7, 11) is 0. The second kappa shape index (κ2) is 9.50. The lowest BCUT2D eigenvalue weighted by Crippen LogP contribution is -2.32. The first kappa shape index (κ1) is 20.1. The van der Waals surface area contributed by atoms with Gasteiger partial charge in [-0.1, -0.05) is 41.9 Å². The summed E-state index contributed by atoms with van der Waals surface area (Å²) < 4.78 is 5.04. The molecule has 0 saturated carbocycles. The van der Waals surface area contributed by atoms with Crippen molar-refractivity contribution in [1.29, 1.82) is 0 Å². The molecule has 1 aliphatic rings. The zero-order chi connectivity index (χ0) is 19.9. The fourth-order valence-electron chi connectivity index (χ4n) is 3.14. The second-order valence-electron chi connectivity index (χ2n) is 6.51. The van der Waals surface area contributed by atoms with Gasteiger partial charge in [0.1, 0.15) is 0 Å². The molecule has 7 nitrogen and oxygen atoms in total. The maximum atomic E-state index is 12.9. The minimum Gasteiger partial charge on any atom is -0.466 e. The van der Waals surface area contributed by atoms with E-state index in [9.17, 15) is 9.59 Å². The average Bonchev–Trinajstić information content (AvgIpc) is 3.23. The Balaban J connectivity index is 1.81. The molecule has 2 aromatic rings. The van der Waals surface area contributed by atoms with Crippen LogP contribution >= 0.6 is 11.6 Å². The number of carbonyl (C=O) groups excluding carboxylic acids is 2. The van der Waals surface area contributed by atoms with E-state index in [1.807, 2.05) is 35.2 Å². The maximum Gasteiger partial charge on any atom is 0.308 e. The van der Waals surface area contributed by atoms with E-state index >= 15 is 0 Å². The van der Waals surface area contributed by atoms with Crippen LogP contribution in [0.2, 0.25) is 5.02 Å². The van der Waals surface area contributed by atoms with Gasteiger partial charge in [-0.15, -0.1) is 0 Å². The Hall–Kier alpha value is -2.67. The molecule has 1 atom stereocenters. The number of amides is 1. The Labute approximate surface area is 169 Å². The number of esters is 1. The van der Waals surface area contributed by atoms with Crippen LogP contribution in [-0.4, -0.2) is 41.5 Å². The largest absolute Gasteiger partial charge is 0.466 e. The molecule has 28 heavy (non-hydrogen) atoms. The van der Waals surface area contributed by atoms with Crippen LogP contribution in [0.15, 0.2) is 36.5 Å². The first-order valence-electron chi connectivity index (χ1n) is 9.37. The molecule has 0 spiro atoms. The number of anilines is 1. The number of benzene rings is 1. The number of rotatable bonds is 7. The third-order valence-corrected chi connectivity index (χ3v) is 4.80. The maximum absolute atomic E-state index is 12.9. The molecule has 0 radical (unpaired) electrons. The molecule has 1 saturated heterocycles. The van der Waals surface area contributed by atoms with Crippen molar-refractivity contribution in [2.75, 3.05) is 24.6 Å². The highest BCUT2D eigenvalue weighted by atomic mass is 35.5. The highest BCUT2D eigenvalue weighted by Crippen LogP contribution is 2.22. The van der Waals surface area contributed by atoms with E-state index in [1.165, 1.54) is 6.20 Å². The Morgan fingerprint density at radius 2 is 1.96 bits per heavy atom. The molecule has 0 aliphatic carbocycles. The van der Waals surface area contributed by atoms with Crippen LogP contribution in [0.4, 0.5) is 5.95 Å². The fraction of sp³-hybridized carbons (Fsp3) is 0.400. The smallest absolute Gasteiger partial charge is 0.308 e. The molecule has 1 aliphatic heterocycles. The number of aromatic nitrogens is 2. The lowest BCUT2D eigenvalue weighted by Gasteiger charge is -2.20. The molecule has 1 unspecified atom stereocenters. The Kier molecular flexibility index (Phi) is 6.81. The third-order valence-electron chi connectivity index (χ3n) is 4.52. The van der Waals surface area contributed by atoms with Gasteiger partial charge < -0.3 is 15.0 Å². The minimum absolute atomic E-state index is 0.0191. The molecule has 3 rings (SSSR count). The number of hydrogen-bond acceptors (Lipinski definition) is 6. The van der Waals surface area contributed by atoms with Gasteiger partial charge in [-0.2, -0.15) is 0 Å². The molecule has 1 N–H and O–H groups in total. The van der Waals surface area contributed by atoms with Crippen molar-refractivity contribution in [2.45, 2.75) is 32.2 Å². The Morgan fingerprint density at radius 3 is 2.64 bits per heavy atom. The monoisotopic (exact) mass is 402 g/mol. The lowest BCUT2D eigenvalue weighted by molar-refractivity contribution is -0.143. The fourth-order valence-corrected chi connectivity index (χ4v) is 3.31. The highest BCUT2D eigenvalue weighted by molar-refractivity contribution is 6.33. The van der Waals surface area contributed by atoms with Gasteiger partial charge in [-0.05, 0) is 25.3 Å². The SMILES string of the molecule is CCOC(=O)CC(NC(=O)c1nc(N2CCCC2)ncc1Cl)c1ccccc1. The van der Waals surface area contributed by atoms with Crippen LogP contribution < -0.4 is 10.2 Å². The Morgan fingerprint density at radius 1 is 1.25 bits per heavy atom. The third kappa shape index (κ3) is 4.98. The second-order valence-corrected chi connectivity index (χ2v) is 6.91. The predicted octanol–water partition coefficient (Wildman–Crippen LogP) is 3.15. The number of nitrogens with zero attached hydrogens (tertiary/aromatic N) is 3. The summed E-state index contributed by atoms with van der Waals surface area (Å²) in [6, 6.07) is 8.72. The van der Waals surface area contributed by atoms with Crippen molar-refractivity contribution in [1.82, 2.24) is 15.3 Å². The number of halogens is 1. The summed E-state index contributed by atoms with van der Waals surface area (Å²) in [4.78, 5) is 35.5. The van der Waals surface area contributed by atoms with Gasteiger partial charge in [-0.3, -0.25) is 9.59 Å². The minimum atomic E-state index is -0.547. The van der Waals surface area contributed by atoms with Crippen molar-refractivity contribution in [3.63, 3.8) is 0 Å². The van der Waals surface area contributed by atoms with Crippen LogP contribution in [0, 0.1) is 0 Å². The molecule has 1 aromatic heterocycles. The normalized spacial score (nSPS) is 14.6. The summed E-state index contributed by atoms with van der Waals surface area (Å²) >= 11 is 6.19. The molecular formula is C20H23ClN4O3. The van der Waals surface area contributed by atoms with Gasteiger partial charge in [-0.25, -0.2) is 9.97 Å². The lowest BCUT2D eigenvalue weighted by atomic mass is 10.0. The van der Waals surface area contributed by atoms with Gasteiger partial charge in [0, 0.05) is 13.1 Å². The summed E-state index contributed by atoms with van der Waals surface area (Å²) in [5.74, 6) is -0.345. The van der Waals surface area contributed by atoms with E-state index < -0.39 is 11.9 Å². The molecule has 148 valence electrons. The predicted molar refractivity (Wildman–Crippen MR) is 106 cm³/mol. The standard InChI is InChI=1S/C20H23ClN4O3/c1-2-28-17(26)12-16(14-8-4-3-5-9-14)23-19(27)18-15(21)13-22-20(24-18)25-10-6-7-11-25/h3-5,8-9,13,16H,2,6-7,10-12H2,1H3,(H,23,27). The average molecular weight is 403 g/mol. The van der Waals surface area contributed by atoms with Crippen LogP contribution in [0.3, 0.4) is 0 Å². The molecule has 8 heteroatoms. The van der Waals surface area contributed by atoms with E-state index in [0.717, 1.165) is 31.5 Å². The van der Waals surface area contributed by atoms with Crippen molar-refractivity contribution < 1.29 is 14.3 Å². The van der Waals surface area contributed by atoms with Crippen LogP contribution in [0.5, 0.6) is 0 Å². The molecule has 1 aromatic carbocycles. The number of nitrogens with one attached hydrogen (secondary N) is 1. The summed E-state index contributed by atoms with van der Waals surface area (Å²) in [6.07, 6.45) is 3.61. The van der Waals surface area contributed by atoms with E-state index in [-0.39, 0.29) is 29.7 Å². The van der Waals surface area contributed by atoms with E-state index in [1.54, 1.807) is 6.92 Å². The number of hydrogen-bond donors (Lipinski definition) is 1. The van der Waals surface area contributed by atoms with Gasteiger partial charge in [0.05, 0.1) is 30.3 Å². The van der Waals surface area contributed by atoms with Gasteiger partial charge in [0.2, 0.25) is 5.95 Å². The Bertz CT molecular complexity index is 825. The topological polar surface area (TPSA) is 84.4 Å². The van der Waals surface area contributed by atoms with Gasteiger partial charge in [0.25, 0.3) is 5.91 Å². The molecular weight excluding hydrogens is 380 g/mol. The number of ether oxygens (including phenoxy) is 1. The van der Waals surface area contributed by atoms with Crippen molar-refractivity contribution in [3.8, 4) is 0 Å². The van der Waals surface area contributed by atoms with Crippen molar-refractivity contribution in [2.24, 2.45) is 0 Å². The zero-order valence-corrected chi connectivity index (χ0v) is 16.5. The van der Waals surface area contributed by atoms with E-state index in [4.69, 9.17) is 16.3 Å². The molecule has 0 bridgehead atoms. The van der Waals surface area contributed by atoms with Crippen molar-refractivity contribution in [3.05, 3.63) is 52.8 Å².